The van der Waals surface area contributed by atoms with Crippen LogP contribution in [-0.2, 0) is 0 Å². The van der Waals surface area contributed by atoms with Crippen LogP contribution in [0.25, 0.3) is 28.2 Å². The smallest absolute Gasteiger partial charge is 0.457 e. The summed E-state index contributed by atoms with van der Waals surface area (Å²) in [6.07, 6.45) is 4.43. The van der Waals surface area contributed by atoms with E-state index in [-0.39, 0.29) is 11.5 Å². The first-order valence-electron chi connectivity index (χ1n) is 12.2. The molecule has 0 spiro atoms. The van der Waals surface area contributed by atoms with Crippen LogP contribution in [0.4, 0.5) is 13.2 Å². The van der Waals surface area contributed by atoms with Crippen molar-refractivity contribution >= 4 is 5.65 Å². The van der Waals surface area contributed by atoms with Gasteiger partial charge in [-0.1, -0.05) is 37.5 Å². The molecule has 194 valence electrons. The van der Waals surface area contributed by atoms with Gasteiger partial charge in [-0.3, -0.25) is 0 Å². The number of fused-ring (bicyclic) bond motifs is 1. The fraction of sp³-hybridized carbons (Fsp3) is 0.269. The van der Waals surface area contributed by atoms with Crippen molar-refractivity contribution in [2.24, 2.45) is 0 Å². The summed E-state index contributed by atoms with van der Waals surface area (Å²) >= 11 is 0. The summed E-state index contributed by atoms with van der Waals surface area (Å²) in [6, 6.07) is 12.8. The molecular weight excluding hydrogens is 499 g/mol. The van der Waals surface area contributed by atoms with E-state index >= 15 is 0 Å². The van der Waals surface area contributed by atoms with Gasteiger partial charge in [0.1, 0.15) is 17.2 Å². The molecule has 2 aromatic carbocycles. The topological polar surface area (TPSA) is 103 Å². The number of rotatable bonds is 6. The van der Waals surface area contributed by atoms with Gasteiger partial charge in [0.15, 0.2) is 11.5 Å². The zero-order valence-corrected chi connectivity index (χ0v) is 20.0. The molecule has 0 bridgehead atoms. The molecule has 9 nitrogen and oxygen atoms in total. The lowest BCUT2D eigenvalue weighted by molar-refractivity contribution is -0.274. The Bertz CT molecular complexity index is 1540. The molecule has 0 aliphatic heterocycles. The Labute approximate surface area is 214 Å². The first-order valence-corrected chi connectivity index (χ1v) is 12.2. The number of alkyl halides is 3. The second-order valence-corrected chi connectivity index (χ2v) is 9.08. The first-order chi connectivity index (χ1) is 18.4. The molecule has 1 aliphatic carbocycles. The van der Waals surface area contributed by atoms with Crippen LogP contribution >= 0.6 is 0 Å². The predicted octanol–water partition coefficient (Wildman–Crippen LogP) is 6.32. The lowest BCUT2D eigenvalue weighted by Crippen LogP contribution is -2.16. The van der Waals surface area contributed by atoms with Crippen LogP contribution in [-0.4, -0.2) is 41.6 Å². The molecule has 5 aromatic rings. The Morgan fingerprint density at radius 3 is 2.42 bits per heavy atom. The highest BCUT2D eigenvalue weighted by atomic mass is 19.4. The van der Waals surface area contributed by atoms with E-state index in [1.165, 1.54) is 24.6 Å². The van der Waals surface area contributed by atoms with Crippen molar-refractivity contribution in [2.45, 2.75) is 44.4 Å². The lowest BCUT2D eigenvalue weighted by Gasteiger charge is -2.25. The minimum Gasteiger partial charge on any atom is -0.457 e. The van der Waals surface area contributed by atoms with E-state index in [2.05, 4.69) is 30.5 Å². The number of aromatic nitrogens is 7. The maximum Gasteiger partial charge on any atom is 0.573 e. The molecule has 0 amide bonds. The largest absolute Gasteiger partial charge is 0.573 e. The van der Waals surface area contributed by atoms with Crippen molar-refractivity contribution in [1.29, 1.82) is 0 Å². The highest BCUT2D eigenvalue weighted by Gasteiger charge is 2.31. The number of halogens is 3. The highest BCUT2D eigenvalue weighted by molar-refractivity contribution is 5.75. The number of H-pyrrole nitrogens is 1. The van der Waals surface area contributed by atoms with Crippen molar-refractivity contribution < 1.29 is 22.6 Å². The number of aromatic amines is 1. The minimum absolute atomic E-state index is 0.233. The van der Waals surface area contributed by atoms with Crippen LogP contribution in [0.1, 0.15) is 43.7 Å². The summed E-state index contributed by atoms with van der Waals surface area (Å²) in [4.78, 5) is 4.71. The zero-order valence-electron chi connectivity index (χ0n) is 20.0. The summed E-state index contributed by atoms with van der Waals surface area (Å²) in [7, 11) is 0. The van der Waals surface area contributed by atoms with Crippen molar-refractivity contribution in [3.8, 4) is 39.8 Å². The van der Waals surface area contributed by atoms with E-state index in [4.69, 9.17) is 9.72 Å². The minimum atomic E-state index is -4.77. The Morgan fingerprint density at radius 2 is 1.68 bits per heavy atom. The van der Waals surface area contributed by atoms with Crippen LogP contribution in [0.5, 0.6) is 17.2 Å². The molecule has 0 saturated heterocycles. The SMILES string of the molecule is FC(F)(F)Oc1cccc(Oc2ccc(-c3cnc4c(-c5nnn[nH]5)cnn4c3C3CCCCC3)cc2)c1. The third-order valence-electron chi connectivity index (χ3n) is 6.60. The molecule has 3 heterocycles. The van der Waals surface area contributed by atoms with Crippen LogP contribution in [0.3, 0.4) is 0 Å². The van der Waals surface area contributed by atoms with Gasteiger partial charge in [-0.15, -0.1) is 18.3 Å². The number of nitrogens with one attached hydrogen (secondary N) is 1. The Hall–Kier alpha value is -4.48. The maximum atomic E-state index is 12.6. The van der Waals surface area contributed by atoms with E-state index in [0.29, 0.717) is 23.1 Å². The number of tetrazole rings is 1. The van der Waals surface area contributed by atoms with E-state index in [9.17, 15) is 13.2 Å². The lowest BCUT2D eigenvalue weighted by atomic mass is 9.84. The van der Waals surface area contributed by atoms with Gasteiger partial charge >= 0.3 is 6.36 Å². The van der Waals surface area contributed by atoms with Crippen LogP contribution in [0, 0.1) is 0 Å². The molecule has 0 atom stereocenters. The van der Waals surface area contributed by atoms with Crippen molar-refractivity contribution in [2.75, 3.05) is 0 Å². The normalized spacial score (nSPS) is 14.6. The molecule has 0 radical (unpaired) electrons. The summed E-state index contributed by atoms with van der Waals surface area (Å²) in [5, 5.41) is 18.8. The molecular formula is C26H22F3N7O2. The summed E-state index contributed by atoms with van der Waals surface area (Å²) in [6.45, 7) is 0. The number of hydrogen-bond acceptors (Lipinski definition) is 7. The van der Waals surface area contributed by atoms with Gasteiger partial charge in [0.05, 0.1) is 17.5 Å². The molecule has 0 unspecified atom stereocenters. The van der Waals surface area contributed by atoms with Gasteiger partial charge in [0, 0.05) is 23.7 Å². The van der Waals surface area contributed by atoms with E-state index in [1.54, 1.807) is 24.4 Å². The quantitative estimate of drug-likeness (QED) is 0.279. The number of benzene rings is 2. The molecule has 1 N–H and O–H groups in total. The zero-order chi connectivity index (χ0) is 26.1. The van der Waals surface area contributed by atoms with Crippen molar-refractivity contribution in [3.63, 3.8) is 0 Å². The molecule has 1 fully saturated rings. The molecule has 12 heteroatoms. The fourth-order valence-electron chi connectivity index (χ4n) is 4.95. The monoisotopic (exact) mass is 521 g/mol. The average molecular weight is 522 g/mol. The van der Waals surface area contributed by atoms with E-state index < -0.39 is 6.36 Å². The standard InChI is InChI=1S/C26H22F3N7O2/c27-26(28,29)38-20-8-4-7-19(13-20)37-18-11-9-16(10-12-18)21-14-30-25-22(24-32-34-35-33-24)15-31-36(25)23(21)17-5-2-1-3-6-17/h4,7-15,17H,1-3,5-6H2,(H,32,33,34,35). The van der Waals surface area contributed by atoms with Gasteiger partial charge in [0.2, 0.25) is 0 Å². The van der Waals surface area contributed by atoms with E-state index in [1.807, 2.05) is 22.8 Å². The Kier molecular flexibility index (Phi) is 6.14. The Morgan fingerprint density at radius 1 is 0.895 bits per heavy atom. The number of nitrogens with zero attached hydrogens (tertiary/aromatic N) is 6. The van der Waals surface area contributed by atoms with Gasteiger partial charge < -0.3 is 9.47 Å². The fourth-order valence-corrected chi connectivity index (χ4v) is 4.95. The molecule has 1 saturated carbocycles. The first kappa shape index (κ1) is 23.9. The molecule has 3 aromatic heterocycles. The van der Waals surface area contributed by atoms with Crippen LogP contribution < -0.4 is 9.47 Å². The maximum absolute atomic E-state index is 12.6. The van der Waals surface area contributed by atoms with Crippen LogP contribution in [0.2, 0.25) is 0 Å². The highest BCUT2D eigenvalue weighted by Crippen LogP contribution is 2.39. The third-order valence-corrected chi connectivity index (χ3v) is 6.60. The van der Waals surface area contributed by atoms with Gasteiger partial charge in [-0.05, 0) is 53.1 Å². The molecule has 38 heavy (non-hydrogen) atoms. The predicted molar refractivity (Wildman–Crippen MR) is 131 cm³/mol. The summed E-state index contributed by atoms with van der Waals surface area (Å²) < 4.78 is 49.3. The third kappa shape index (κ3) is 4.89. The van der Waals surface area contributed by atoms with Crippen LogP contribution in [0.15, 0.2) is 60.9 Å². The summed E-state index contributed by atoms with van der Waals surface area (Å²) in [5.41, 5.74) is 4.37. The molecule has 1 aliphatic rings. The van der Waals surface area contributed by atoms with Gasteiger partial charge in [-0.2, -0.15) is 5.10 Å². The summed E-state index contributed by atoms with van der Waals surface area (Å²) in [5.74, 6) is 1.18. The Balaban J connectivity index is 1.33. The second kappa shape index (κ2) is 9.77. The number of ether oxygens (including phenoxy) is 2. The van der Waals surface area contributed by atoms with E-state index in [0.717, 1.165) is 48.1 Å². The van der Waals surface area contributed by atoms with Crippen molar-refractivity contribution in [3.05, 3.63) is 66.6 Å². The second-order valence-electron chi connectivity index (χ2n) is 9.08. The van der Waals surface area contributed by atoms with Crippen molar-refractivity contribution in [1.82, 2.24) is 35.2 Å². The molecule has 6 rings (SSSR count). The van der Waals surface area contributed by atoms with Gasteiger partial charge in [0.25, 0.3) is 0 Å². The average Bonchev–Trinajstić information content (AvgIpc) is 3.58. The van der Waals surface area contributed by atoms with Gasteiger partial charge in [-0.25, -0.2) is 14.6 Å². The number of hydrogen-bond donors (Lipinski definition) is 1.